The van der Waals surface area contributed by atoms with Crippen molar-refractivity contribution in [1.29, 1.82) is 0 Å². The van der Waals surface area contributed by atoms with Crippen molar-refractivity contribution in [3.8, 4) is 0 Å². The van der Waals surface area contributed by atoms with E-state index in [1.807, 2.05) is 6.92 Å². The van der Waals surface area contributed by atoms with E-state index in [9.17, 15) is 14.9 Å². The molecule has 0 aliphatic heterocycles. The summed E-state index contributed by atoms with van der Waals surface area (Å²) in [4.78, 5) is 24.6. The second-order valence-corrected chi connectivity index (χ2v) is 3.29. The summed E-state index contributed by atoms with van der Waals surface area (Å²) in [6, 6.07) is 2.87. The number of amides is 1. The molecular formula is C10H14N4O3. The summed E-state index contributed by atoms with van der Waals surface area (Å²) in [6.45, 7) is 2.93. The van der Waals surface area contributed by atoms with Gasteiger partial charge in [0.1, 0.15) is 0 Å². The predicted molar refractivity (Wildman–Crippen MR) is 62.7 cm³/mol. The number of hydrogen-bond acceptors (Lipinski definition) is 5. The Morgan fingerprint density at radius 3 is 2.82 bits per heavy atom. The first-order valence-corrected chi connectivity index (χ1v) is 5.24. The van der Waals surface area contributed by atoms with Crippen LogP contribution in [0.1, 0.15) is 13.3 Å². The molecular weight excluding hydrogens is 224 g/mol. The SMILES string of the molecule is CCNC(=O)CCNc1ccc([N+](=O)[O-])nc1. The number of nitro groups is 1. The molecule has 1 amide bonds. The van der Waals surface area contributed by atoms with Gasteiger partial charge in [-0.05, 0) is 22.9 Å². The largest absolute Gasteiger partial charge is 0.381 e. The monoisotopic (exact) mass is 238 g/mol. The van der Waals surface area contributed by atoms with Crippen molar-refractivity contribution in [2.24, 2.45) is 0 Å². The van der Waals surface area contributed by atoms with Crippen LogP contribution in [-0.4, -0.2) is 28.9 Å². The summed E-state index contributed by atoms with van der Waals surface area (Å²) in [6.07, 6.45) is 1.72. The summed E-state index contributed by atoms with van der Waals surface area (Å²) >= 11 is 0. The van der Waals surface area contributed by atoms with E-state index in [0.717, 1.165) is 0 Å². The van der Waals surface area contributed by atoms with Crippen LogP contribution >= 0.6 is 0 Å². The first-order chi connectivity index (χ1) is 8.13. The van der Waals surface area contributed by atoms with Crippen LogP contribution in [0.3, 0.4) is 0 Å². The number of nitrogens with zero attached hydrogens (tertiary/aromatic N) is 2. The minimum Gasteiger partial charge on any atom is -0.381 e. The molecule has 17 heavy (non-hydrogen) atoms. The Balaban J connectivity index is 2.37. The Morgan fingerprint density at radius 1 is 1.53 bits per heavy atom. The lowest BCUT2D eigenvalue weighted by atomic mass is 10.3. The third kappa shape index (κ3) is 4.45. The van der Waals surface area contributed by atoms with Crippen molar-refractivity contribution in [2.75, 3.05) is 18.4 Å². The lowest BCUT2D eigenvalue weighted by Gasteiger charge is -2.04. The van der Waals surface area contributed by atoms with Crippen LogP contribution in [0, 0.1) is 10.1 Å². The molecule has 1 heterocycles. The first-order valence-electron chi connectivity index (χ1n) is 5.24. The molecule has 0 aromatic carbocycles. The Labute approximate surface area is 98.4 Å². The average Bonchev–Trinajstić information content (AvgIpc) is 2.30. The van der Waals surface area contributed by atoms with Gasteiger partial charge < -0.3 is 20.7 Å². The summed E-state index contributed by atoms with van der Waals surface area (Å²) in [5, 5.41) is 16.0. The number of aromatic nitrogens is 1. The minimum atomic E-state index is -0.557. The van der Waals surface area contributed by atoms with Gasteiger partial charge in [-0.2, -0.15) is 0 Å². The van der Waals surface area contributed by atoms with Crippen molar-refractivity contribution in [1.82, 2.24) is 10.3 Å². The summed E-state index contributed by atoms with van der Waals surface area (Å²) in [5.41, 5.74) is 0.653. The van der Waals surface area contributed by atoms with Gasteiger partial charge >= 0.3 is 5.82 Å². The van der Waals surface area contributed by atoms with Crippen LogP contribution in [0.25, 0.3) is 0 Å². The fourth-order valence-electron chi connectivity index (χ4n) is 1.20. The molecule has 0 radical (unpaired) electrons. The molecule has 7 heteroatoms. The fraction of sp³-hybridized carbons (Fsp3) is 0.400. The van der Waals surface area contributed by atoms with E-state index in [1.54, 1.807) is 6.07 Å². The predicted octanol–water partition coefficient (Wildman–Crippen LogP) is 0.928. The fourth-order valence-corrected chi connectivity index (χ4v) is 1.20. The molecule has 0 saturated carbocycles. The number of hydrogen-bond donors (Lipinski definition) is 2. The Hall–Kier alpha value is -2.18. The zero-order chi connectivity index (χ0) is 12.7. The summed E-state index contributed by atoms with van der Waals surface area (Å²) in [5.74, 6) is -0.228. The highest BCUT2D eigenvalue weighted by atomic mass is 16.6. The quantitative estimate of drug-likeness (QED) is 0.567. The molecule has 1 aromatic heterocycles. The van der Waals surface area contributed by atoms with Gasteiger partial charge in [-0.25, -0.2) is 0 Å². The zero-order valence-electron chi connectivity index (χ0n) is 9.47. The van der Waals surface area contributed by atoms with Crippen molar-refractivity contribution >= 4 is 17.4 Å². The Kier molecular flexibility index (Phi) is 4.86. The number of rotatable bonds is 6. The maximum atomic E-state index is 11.1. The Bertz CT molecular complexity index is 391. The van der Waals surface area contributed by atoms with Crippen LogP contribution in [0.4, 0.5) is 11.5 Å². The maximum absolute atomic E-state index is 11.1. The normalized spacial score (nSPS) is 9.71. The smallest absolute Gasteiger partial charge is 0.363 e. The van der Waals surface area contributed by atoms with Crippen molar-refractivity contribution in [3.63, 3.8) is 0 Å². The molecule has 0 unspecified atom stereocenters. The van der Waals surface area contributed by atoms with Crippen molar-refractivity contribution in [3.05, 3.63) is 28.4 Å². The van der Waals surface area contributed by atoms with Crippen LogP contribution in [0.15, 0.2) is 18.3 Å². The van der Waals surface area contributed by atoms with Crippen LogP contribution in [0.5, 0.6) is 0 Å². The molecule has 1 aromatic rings. The average molecular weight is 238 g/mol. The molecule has 7 nitrogen and oxygen atoms in total. The summed E-state index contributed by atoms with van der Waals surface area (Å²) < 4.78 is 0. The molecule has 0 fully saturated rings. The van der Waals surface area contributed by atoms with Crippen molar-refractivity contribution < 1.29 is 9.72 Å². The molecule has 0 bridgehead atoms. The Morgan fingerprint density at radius 2 is 2.29 bits per heavy atom. The van der Waals surface area contributed by atoms with Gasteiger partial charge in [0.2, 0.25) is 5.91 Å². The lowest BCUT2D eigenvalue weighted by molar-refractivity contribution is -0.389. The van der Waals surface area contributed by atoms with E-state index in [4.69, 9.17) is 0 Å². The van der Waals surface area contributed by atoms with E-state index < -0.39 is 4.92 Å². The van der Waals surface area contributed by atoms with Gasteiger partial charge in [0, 0.05) is 25.6 Å². The molecule has 0 saturated heterocycles. The number of anilines is 1. The standard InChI is InChI=1S/C10H14N4O3/c1-2-11-10(15)5-6-12-8-3-4-9(13-7-8)14(16)17/h3-4,7,12H,2,5-6H2,1H3,(H,11,15). The number of nitrogens with one attached hydrogen (secondary N) is 2. The highest BCUT2D eigenvalue weighted by Crippen LogP contribution is 2.10. The van der Waals surface area contributed by atoms with Gasteiger partial charge in [-0.15, -0.1) is 0 Å². The van der Waals surface area contributed by atoms with E-state index in [0.29, 0.717) is 25.2 Å². The molecule has 92 valence electrons. The van der Waals surface area contributed by atoms with E-state index in [1.165, 1.54) is 12.3 Å². The topological polar surface area (TPSA) is 97.2 Å². The second kappa shape index (κ2) is 6.41. The van der Waals surface area contributed by atoms with Gasteiger partial charge in [-0.1, -0.05) is 0 Å². The zero-order valence-corrected chi connectivity index (χ0v) is 9.47. The molecule has 1 rings (SSSR count). The van der Waals surface area contributed by atoms with Gasteiger partial charge in [0.05, 0.1) is 5.69 Å². The minimum absolute atomic E-state index is 0.0325. The van der Waals surface area contributed by atoms with Crippen LogP contribution in [-0.2, 0) is 4.79 Å². The molecule has 0 spiro atoms. The number of carbonyl (C=O) groups excluding carboxylic acids is 1. The first kappa shape index (κ1) is 12.9. The van der Waals surface area contributed by atoms with E-state index in [2.05, 4.69) is 15.6 Å². The molecule has 0 atom stereocenters. The third-order valence-electron chi connectivity index (χ3n) is 1.99. The van der Waals surface area contributed by atoms with Crippen LogP contribution < -0.4 is 10.6 Å². The lowest BCUT2D eigenvalue weighted by Crippen LogP contribution is -2.24. The van der Waals surface area contributed by atoms with Crippen molar-refractivity contribution in [2.45, 2.75) is 13.3 Å². The molecule has 0 aliphatic rings. The molecule has 0 aliphatic carbocycles. The number of pyridine rings is 1. The highest BCUT2D eigenvalue weighted by Gasteiger charge is 2.06. The second-order valence-electron chi connectivity index (χ2n) is 3.29. The third-order valence-corrected chi connectivity index (χ3v) is 1.99. The maximum Gasteiger partial charge on any atom is 0.363 e. The van der Waals surface area contributed by atoms with Crippen LogP contribution in [0.2, 0.25) is 0 Å². The number of carbonyl (C=O) groups is 1. The van der Waals surface area contributed by atoms with Gasteiger partial charge in [-0.3, -0.25) is 4.79 Å². The molecule has 2 N–H and O–H groups in total. The van der Waals surface area contributed by atoms with Gasteiger partial charge in [0.15, 0.2) is 6.20 Å². The van der Waals surface area contributed by atoms with Gasteiger partial charge in [0.25, 0.3) is 0 Å². The highest BCUT2D eigenvalue weighted by molar-refractivity contribution is 5.76. The van der Waals surface area contributed by atoms with E-state index >= 15 is 0 Å². The van der Waals surface area contributed by atoms with E-state index in [-0.39, 0.29) is 11.7 Å². The summed E-state index contributed by atoms with van der Waals surface area (Å²) in [7, 11) is 0.